The standard InChI is InChI=1S/C18H26N4O3.ClH/c1-12(2)16(19)17(24)20-11-15(23)21-14-8-4-3-7-13(14)18(25)22-9-5-6-10-22;/h3-4,7-8,12,16H,5-6,9-11,19H2,1-2H3,(H,20,24)(H,21,23);1H/t16-;/m0./s1. The number of rotatable bonds is 6. The number of hydrogen-bond acceptors (Lipinski definition) is 4. The average molecular weight is 383 g/mol. The van der Waals surface area contributed by atoms with Crippen molar-refractivity contribution in [3.63, 3.8) is 0 Å². The molecule has 144 valence electrons. The quantitative estimate of drug-likeness (QED) is 0.691. The van der Waals surface area contributed by atoms with Crippen LogP contribution in [0.5, 0.6) is 0 Å². The van der Waals surface area contributed by atoms with Crippen LogP contribution >= 0.6 is 12.4 Å². The van der Waals surface area contributed by atoms with E-state index in [0.29, 0.717) is 11.3 Å². The van der Waals surface area contributed by atoms with Gasteiger partial charge in [0, 0.05) is 13.1 Å². The molecule has 0 bridgehead atoms. The van der Waals surface area contributed by atoms with Crippen molar-refractivity contribution in [2.45, 2.75) is 32.7 Å². The molecule has 0 aromatic heterocycles. The van der Waals surface area contributed by atoms with Gasteiger partial charge in [-0.3, -0.25) is 14.4 Å². The Morgan fingerprint density at radius 3 is 2.38 bits per heavy atom. The maximum atomic E-state index is 12.6. The number of anilines is 1. The molecule has 1 atom stereocenters. The first-order valence-corrected chi connectivity index (χ1v) is 8.61. The molecule has 2 rings (SSSR count). The Labute approximate surface area is 160 Å². The fraction of sp³-hybridized carbons (Fsp3) is 0.500. The summed E-state index contributed by atoms with van der Waals surface area (Å²) < 4.78 is 0. The fourth-order valence-corrected chi connectivity index (χ4v) is 2.65. The molecule has 4 N–H and O–H groups in total. The van der Waals surface area contributed by atoms with E-state index in [1.807, 2.05) is 13.8 Å². The van der Waals surface area contributed by atoms with E-state index >= 15 is 0 Å². The zero-order valence-electron chi connectivity index (χ0n) is 15.2. The van der Waals surface area contributed by atoms with Gasteiger partial charge < -0.3 is 21.3 Å². The lowest BCUT2D eigenvalue weighted by atomic mass is 10.1. The highest BCUT2D eigenvalue weighted by Gasteiger charge is 2.22. The molecule has 1 aromatic carbocycles. The van der Waals surface area contributed by atoms with E-state index < -0.39 is 11.9 Å². The number of carbonyl (C=O) groups excluding carboxylic acids is 3. The molecular formula is C18H27ClN4O3. The number of amides is 3. The van der Waals surface area contributed by atoms with Crippen molar-refractivity contribution in [2.24, 2.45) is 11.7 Å². The highest BCUT2D eigenvalue weighted by molar-refractivity contribution is 6.04. The summed E-state index contributed by atoms with van der Waals surface area (Å²) >= 11 is 0. The zero-order valence-corrected chi connectivity index (χ0v) is 16.0. The summed E-state index contributed by atoms with van der Waals surface area (Å²) in [6.45, 7) is 4.97. The number of nitrogens with two attached hydrogens (primary N) is 1. The predicted octanol–water partition coefficient (Wildman–Crippen LogP) is 1.38. The molecule has 1 aliphatic heterocycles. The maximum Gasteiger partial charge on any atom is 0.255 e. The van der Waals surface area contributed by atoms with E-state index in [1.165, 1.54) is 0 Å². The molecule has 26 heavy (non-hydrogen) atoms. The van der Waals surface area contributed by atoms with Crippen LogP contribution in [0.1, 0.15) is 37.0 Å². The summed E-state index contributed by atoms with van der Waals surface area (Å²) in [6, 6.07) is 6.25. The highest BCUT2D eigenvalue weighted by Crippen LogP contribution is 2.20. The minimum absolute atomic E-state index is 0. The zero-order chi connectivity index (χ0) is 18.4. The minimum atomic E-state index is -0.656. The Morgan fingerprint density at radius 2 is 1.77 bits per heavy atom. The SMILES string of the molecule is CC(C)[C@H](N)C(=O)NCC(=O)Nc1ccccc1C(=O)N1CCCC1.Cl. The Morgan fingerprint density at radius 1 is 1.15 bits per heavy atom. The lowest BCUT2D eigenvalue weighted by Crippen LogP contribution is -2.46. The molecule has 3 amide bonds. The summed E-state index contributed by atoms with van der Waals surface area (Å²) in [7, 11) is 0. The van der Waals surface area contributed by atoms with Crippen LogP contribution in [0.25, 0.3) is 0 Å². The van der Waals surface area contributed by atoms with E-state index in [-0.39, 0.29) is 36.7 Å². The van der Waals surface area contributed by atoms with Gasteiger partial charge in [-0.25, -0.2) is 0 Å². The molecule has 0 aliphatic carbocycles. The second kappa shape index (κ2) is 10.1. The Kier molecular flexibility index (Phi) is 8.54. The molecule has 1 aromatic rings. The highest BCUT2D eigenvalue weighted by atomic mass is 35.5. The van der Waals surface area contributed by atoms with Gasteiger partial charge in [0.05, 0.1) is 23.8 Å². The molecule has 0 radical (unpaired) electrons. The van der Waals surface area contributed by atoms with Crippen molar-refractivity contribution in [3.8, 4) is 0 Å². The van der Waals surface area contributed by atoms with Crippen LogP contribution in [0.3, 0.4) is 0 Å². The smallest absolute Gasteiger partial charge is 0.255 e. The van der Waals surface area contributed by atoms with E-state index in [0.717, 1.165) is 25.9 Å². The normalized spacial score (nSPS) is 14.5. The number of para-hydroxylation sites is 1. The first-order chi connectivity index (χ1) is 11.9. The van der Waals surface area contributed by atoms with Gasteiger partial charge in [-0.2, -0.15) is 0 Å². The third-order valence-electron chi connectivity index (χ3n) is 4.27. The lowest BCUT2D eigenvalue weighted by molar-refractivity contribution is -0.125. The number of hydrogen-bond donors (Lipinski definition) is 3. The third kappa shape index (κ3) is 5.71. The maximum absolute atomic E-state index is 12.6. The topological polar surface area (TPSA) is 105 Å². The molecule has 1 saturated heterocycles. The van der Waals surface area contributed by atoms with Crippen molar-refractivity contribution >= 4 is 35.8 Å². The Balaban J connectivity index is 0.00000338. The average Bonchev–Trinajstić information content (AvgIpc) is 3.13. The minimum Gasteiger partial charge on any atom is -0.346 e. The van der Waals surface area contributed by atoms with Gasteiger partial charge in [-0.15, -0.1) is 12.4 Å². The van der Waals surface area contributed by atoms with Gasteiger partial charge in [0.25, 0.3) is 5.91 Å². The van der Waals surface area contributed by atoms with Crippen LogP contribution in [0.15, 0.2) is 24.3 Å². The molecule has 0 unspecified atom stereocenters. The Bertz CT molecular complexity index is 645. The largest absolute Gasteiger partial charge is 0.346 e. The second-order valence-corrected chi connectivity index (χ2v) is 6.58. The van der Waals surface area contributed by atoms with E-state index in [9.17, 15) is 14.4 Å². The summed E-state index contributed by atoms with van der Waals surface area (Å²) in [5.74, 6) is -0.862. The van der Waals surface area contributed by atoms with E-state index in [2.05, 4.69) is 10.6 Å². The number of likely N-dealkylation sites (tertiary alicyclic amines) is 1. The number of nitrogens with zero attached hydrogens (tertiary/aromatic N) is 1. The van der Waals surface area contributed by atoms with Gasteiger partial charge in [0.2, 0.25) is 11.8 Å². The predicted molar refractivity (Wildman–Crippen MR) is 103 cm³/mol. The first kappa shape index (κ1) is 21.9. The third-order valence-corrected chi connectivity index (χ3v) is 4.27. The number of carbonyl (C=O) groups is 3. The second-order valence-electron chi connectivity index (χ2n) is 6.58. The fourth-order valence-electron chi connectivity index (χ4n) is 2.65. The molecule has 7 nitrogen and oxygen atoms in total. The lowest BCUT2D eigenvalue weighted by Gasteiger charge is -2.18. The number of nitrogens with one attached hydrogen (secondary N) is 2. The van der Waals surface area contributed by atoms with Crippen molar-refractivity contribution in [3.05, 3.63) is 29.8 Å². The summed E-state index contributed by atoms with van der Waals surface area (Å²) in [6.07, 6.45) is 2.00. The summed E-state index contributed by atoms with van der Waals surface area (Å²) in [4.78, 5) is 38.3. The van der Waals surface area contributed by atoms with E-state index in [1.54, 1.807) is 29.2 Å². The van der Waals surface area contributed by atoms with Gasteiger partial charge >= 0.3 is 0 Å². The van der Waals surface area contributed by atoms with Crippen LogP contribution < -0.4 is 16.4 Å². The van der Waals surface area contributed by atoms with Crippen molar-refractivity contribution in [1.82, 2.24) is 10.2 Å². The Hall–Kier alpha value is -2.12. The van der Waals surface area contributed by atoms with Crippen molar-refractivity contribution in [1.29, 1.82) is 0 Å². The van der Waals surface area contributed by atoms with Crippen molar-refractivity contribution in [2.75, 3.05) is 25.0 Å². The van der Waals surface area contributed by atoms with Crippen LogP contribution in [0.4, 0.5) is 5.69 Å². The summed E-state index contributed by atoms with van der Waals surface area (Å²) in [5, 5.41) is 5.21. The molecule has 0 spiro atoms. The molecule has 1 heterocycles. The molecule has 1 fully saturated rings. The van der Waals surface area contributed by atoms with Gasteiger partial charge in [-0.05, 0) is 30.9 Å². The monoisotopic (exact) mass is 382 g/mol. The van der Waals surface area contributed by atoms with Crippen LogP contribution in [-0.2, 0) is 9.59 Å². The molecule has 1 aliphatic rings. The van der Waals surface area contributed by atoms with Gasteiger partial charge in [-0.1, -0.05) is 26.0 Å². The van der Waals surface area contributed by atoms with Crippen molar-refractivity contribution < 1.29 is 14.4 Å². The summed E-state index contributed by atoms with van der Waals surface area (Å²) in [5.41, 5.74) is 6.65. The molecule has 0 saturated carbocycles. The first-order valence-electron chi connectivity index (χ1n) is 8.61. The molecular weight excluding hydrogens is 356 g/mol. The number of halogens is 1. The van der Waals surface area contributed by atoms with Gasteiger partial charge in [0.15, 0.2) is 0 Å². The molecule has 8 heteroatoms. The van der Waals surface area contributed by atoms with E-state index in [4.69, 9.17) is 5.73 Å². The van der Waals surface area contributed by atoms with Crippen LogP contribution in [0.2, 0.25) is 0 Å². The van der Waals surface area contributed by atoms with Gasteiger partial charge in [0.1, 0.15) is 0 Å². The van der Waals surface area contributed by atoms with Crippen LogP contribution in [0, 0.1) is 5.92 Å². The number of benzene rings is 1. The van der Waals surface area contributed by atoms with Crippen LogP contribution in [-0.4, -0.2) is 48.3 Å².